The molecule has 3 nitrogen and oxygen atoms in total. The highest BCUT2D eigenvalue weighted by atomic mass is 19.4. The van der Waals surface area contributed by atoms with Crippen LogP contribution >= 0.6 is 0 Å². The Kier molecular flexibility index (Phi) is 6.63. The molecule has 0 unspecified atom stereocenters. The third-order valence-electron chi connectivity index (χ3n) is 4.98. The number of carboxylic acid groups (broad SMARTS) is 1. The fraction of sp³-hybridized carbons (Fsp3) is 0.208. The molecular weight excluding hydrogens is 412 g/mol. The fourth-order valence-corrected chi connectivity index (χ4v) is 3.44. The van der Waals surface area contributed by atoms with Gasteiger partial charge in [-0.25, -0.2) is 4.39 Å². The number of aryl methyl sites for hydroxylation is 1. The average molecular weight is 432 g/mol. The van der Waals surface area contributed by atoms with Gasteiger partial charge in [-0.1, -0.05) is 30.3 Å². The van der Waals surface area contributed by atoms with Crippen LogP contribution in [0.4, 0.5) is 17.6 Å². The molecule has 31 heavy (non-hydrogen) atoms. The summed E-state index contributed by atoms with van der Waals surface area (Å²) in [5, 5.41) is 9.03. The van der Waals surface area contributed by atoms with Crippen LogP contribution in [0, 0.1) is 0 Å². The van der Waals surface area contributed by atoms with Crippen LogP contribution in [0.25, 0.3) is 22.3 Å². The van der Waals surface area contributed by atoms with E-state index in [9.17, 15) is 22.4 Å². The van der Waals surface area contributed by atoms with Crippen LogP contribution in [0.2, 0.25) is 0 Å². The molecule has 7 heteroatoms. The first-order chi connectivity index (χ1) is 14.7. The van der Waals surface area contributed by atoms with E-state index in [0.717, 1.165) is 17.7 Å². The molecule has 3 rings (SSSR count). The van der Waals surface area contributed by atoms with Gasteiger partial charge in [0.1, 0.15) is 12.4 Å². The Hall–Kier alpha value is -3.35. The predicted molar refractivity (Wildman–Crippen MR) is 110 cm³/mol. The second kappa shape index (κ2) is 9.20. The maximum Gasteiger partial charge on any atom is 0.416 e. The summed E-state index contributed by atoms with van der Waals surface area (Å²) in [5.41, 5.74) is 2.17. The number of methoxy groups -OCH3 is 1. The molecule has 0 saturated carbocycles. The average Bonchev–Trinajstić information content (AvgIpc) is 2.76. The molecule has 0 atom stereocenters. The van der Waals surface area contributed by atoms with Crippen LogP contribution in [0.1, 0.15) is 23.1 Å². The van der Waals surface area contributed by atoms with Crippen molar-refractivity contribution in [3.63, 3.8) is 0 Å². The van der Waals surface area contributed by atoms with E-state index in [1.54, 1.807) is 36.4 Å². The lowest BCUT2D eigenvalue weighted by atomic mass is 9.91. The fourth-order valence-electron chi connectivity index (χ4n) is 3.44. The number of carbonyl (C=O) groups is 1. The number of hydrogen-bond acceptors (Lipinski definition) is 2. The van der Waals surface area contributed by atoms with Crippen LogP contribution in [0.3, 0.4) is 0 Å². The van der Waals surface area contributed by atoms with Crippen molar-refractivity contribution in [1.82, 2.24) is 0 Å². The van der Waals surface area contributed by atoms with Gasteiger partial charge in [-0.15, -0.1) is 0 Å². The number of alkyl halides is 4. The van der Waals surface area contributed by atoms with Crippen molar-refractivity contribution < 1.29 is 32.2 Å². The lowest BCUT2D eigenvalue weighted by Gasteiger charge is -2.15. The SMILES string of the molecule is COc1ccc(-c2ccc(-c3cccc(C(F)(F)F)c3)c(CF)c2)c(CCC(=O)O)c1. The van der Waals surface area contributed by atoms with Gasteiger partial charge in [0.05, 0.1) is 12.7 Å². The number of carboxylic acids is 1. The minimum absolute atomic E-state index is 0.0849. The summed E-state index contributed by atoms with van der Waals surface area (Å²) in [4.78, 5) is 11.0. The first-order valence-electron chi connectivity index (χ1n) is 9.48. The third kappa shape index (κ3) is 5.23. The summed E-state index contributed by atoms with van der Waals surface area (Å²) in [6.07, 6.45) is -4.32. The second-order valence-corrected chi connectivity index (χ2v) is 7.00. The standard InChI is InChI=1S/C24H20F4O3/c1-31-20-7-9-21(17(13-20)6-10-23(29)30)16-5-8-22(18(11-16)14-25)15-3-2-4-19(12-15)24(26,27)28/h2-5,7-9,11-13H,6,10,14H2,1H3,(H,29,30). The lowest BCUT2D eigenvalue weighted by Crippen LogP contribution is -2.04. The molecule has 0 aliphatic rings. The van der Waals surface area contributed by atoms with E-state index < -0.39 is 24.4 Å². The molecule has 3 aromatic carbocycles. The van der Waals surface area contributed by atoms with Crippen molar-refractivity contribution in [3.05, 3.63) is 77.4 Å². The monoisotopic (exact) mass is 432 g/mol. The molecule has 0 bridgehead atoms. The molecule has 0 saturated heterocycles. The maximum atomic E-state index is 13.9. The van der Waals surface area contributed by atoms with Gasteiger partial charge < -0.3 is 9.84 Å². The number of rotatable bonds is 7. The molecule has 3 aromatic rings. The van der Waals surface area contributed by atoms with Gasteiger partial charge in [-0.3, -0.25) is 4.79 Å². The molecular formula is C24H20F4O3. The molecule has 1 N–H and O–H groups in total. The molecule has 0 aromatic heterocycles. The number of halogens is 4. The van der Waals surface area contributed by atoms with Crippen LogP contribution in [-0.4, -0.2) is 18.2 Å². The van der Waals surface area contributed by atoms with Crippen LogP contribution < -0.4 is 4.74 Å². The highest BCUT2D eigenvalue weighted by Gasteiger charge is 2.30. The zero-order valence-electron chi connectivity index (χ0n) is 16.7. The van der Waals surface area contributed by atoms with Crippen molar-refractivity contribution in [1.29, 1.82) is 0 Å². The van der Waals surface area contributed by atoms with E-state index in [0.29, 0.717) is 22.4 Å². The number of aliphatic carboxylic acids is 1. The Bertz CT molecular complexity index is 1090. The van der Waals surface area contributed by atoms with E-state index in [2.05, 4.69) is 0 Å². The van der Waals surface area contributed by atoms with E-state index in [-0.39, 0.29) is 24.0 Å². The summed E-state index contributed by atoms with van der Waals surface area (Å²) in [6.45, 7) is -0.861. The van der Waals surface area contributed by atoms with Crippen molar-refractivity contribution in [2.45, 2.75) is 25.7 Å². The maximum absolute atomic E-state index is 13.9. The van der Waals surface area contributed by atoms with E-state index in [4.69, 9.17) is 9.84 Å². The number of hydrogen-bond donors (Lipinski definition) is 1. The van der Waals surface area contributed by atoms with Gasteiger partial charge in [0.2, 0.25) is 0 Å². The van der Waals surface area contributed by atoms with Gasteiger partial charge in [-0.2, -0.15) is 13.2 Å². The first kappa shape index (κ1) is 22.3. The summed E-state index contributed by atoms with van der Waals surface area (Å²) in [6, 6.07) is 14.9. The largest absolute Gasteiger partial charge is 0.497 e. The zero-order valence-corrected chi connectivity index (χ0v) is 16.7. The quantitative estimate of drug-likeness (QED) is 0.432. The summed E-state index contributed by atoms with van der Waals surface area (Å²) in [7, 11) is 1.50. The second-order valence-electron chi connectivity index (χ2n) is 7.00. The van der Waals surface area contributed by atoms with Gasteiger partial charge in [0, 0.05) is 6.42 Å². The summed E-state index contributed by atoms with van der Waals surface area (Å²) in [5.74, 6) is -0.381. The minimum Gasteiger partial charge on any atom is -0.497 e. The summed E-state index contributed by atoms with van der Waals surface area (Å²) < 4.78 is 58.3. The Balaban J connectivity index is 2.05. The van der Waals surface area contributed by atoms with Gasteiger partial charge in [0.25, 0.3) is 0 Å². The minimum atomic E-state index is -4.49. The Morgan fingerprint density at radius 1 is 0.935 bits per heavy atom. The number of benzene rings is 3. The van der Waals surface area contributed by atoms with E-state index >= 15 is 0 Å². The van der Waals surface area contributed by atoms with Crippen molar-refractivity contribution in [3.8, 4) is 28.0 Å². The van der Waals surface area contributed by atoms with Crippen molar-refractivity contribution in [2.24, 2.45) is 0 Å². The van der Waals surface area contributed by atoms with E-state index in [1.165, 1.54) is 19.2 Å². The number of ether oxygens (including phenoxy) is 1. The Morgan fingerprint density at radius 3 is 2.26 bits per heavy atom. The highest BCUT2D eigenvalue weighted by Crippen LogP contribution is 2.36. The van der Waals surface area contributed by atoms with Crippen LogP contribution in [-0.2, 0) is 24.1 Å². The van der Waals surface area contributed by atoms with Crippen molar-refractivity contribution in [2.75, 3.05) is 7.11 Å². The highest BCUT2D eigenvalue weighted by molar-refractivity contribution is 5.76. The van der Waals surface area contributed by atoms with E-state index in [1.807, 2.05) is 0 Å². The lowest BCUT2D eigenvalue weighted by molar-refractivity contribution is -0.138. The Labute approximate surface area is 176 Å². The smallest absolute Gasteiger partial charge is 0.416 e. The van der Waals surface area contributed by atoms with Crippen LogP contribution in [0.15, 0.2) is 60.7 Å². The molecule has 0 radical (unpaired) electrons. The summed E-state index contributed by atoms with van der Waals surface area (Å²) >= 11 is 0. The zero-order chi connectivity index (χ0) is 22.6. The molecule has 0 aliphatic carbocycles. The molecule has 0 spiro atoms. The molecule has 0 heterocycles. The molecule has 162 valence electrons. The topological polar surface area (TPSA) is 46.5 Å². The van der Waals surface area contributed by atoms with Gasteiger partial charge in [-0.05, 0) is 70.1 Å². The first-order valence-corrected chi connectivity index (χ1v) is 9.48. The van der Waals surface area contributed by atoms with Gasteiger partial charge in [0.15, 0.2) is 0 Å². The van der Waals surface area contributed by atoms with Gasteiger partial charge >= 0.3 is 12.1 Å². The Morgan fingerprint density at radius 2 is 1.61 bits per heavy atom. The molecule has 0 amide bonds. The van der Waals surface area contributed by atoms with Crippen LogP contribution in [0.5, 0.6) is 5.75 Å². The molecule has 0 fully saturated rings. The predicted octanol–water partition coefficient (Wildman–Crippen LogP) is 6.53. The molecule has 0 aliphatic heterocycles. The normalized spacial score (nSPS) is 11.4. The third-order valence-corrected chi connectivity index (χ3v) is 4.98. The van der Waals surface area contributed by atoms with Crippen molar-refractivity contribution >= 4 is 5.97 Å².